The van der Waals surface area contributed by atoms with Gasteiger partial charge >= 0.3 is 5.97 Å². The first-order chi connectivity index (χ1) is 16.0. The molecule has 11 heteroatoms. The molecule has 3 N–H and O–H groups in total. The highest BCUT2D eigenvalue weighted by molar-refractivity contribution is 6.34. The van der Waals surface area contributed by atoms with E-state index >= 15 is 0 Å². The Morgan fingerprint density at radius 3 is 2.47 bits per heavy atom. The monoisotopic (exact) mass is 504 g/mol. The Hall–Kier alpha value is -3.01. The van der Waals surface area contributed by atoms with Crippen LogP contribution in [0.2, 0.25) is 10.0 Å². The Morgan fingerprint density at radius 1 is 1.12 bits per heavy atom. The van der Waals surface area contributed by atoms with Crippen molar-refractivity contribution in [3.63, 3.8) is 0 Å². The van der Waals surface area contributed by atoms with Crippen molar-refractivity contribution in [1.82, 2.24) is 25.9 Å². The maximum atomic E-state index is 13.0. The number of hydrogen-bond donors (Lipinski definition) is 3. The smallest absolute Gasteiger partial charge is 0.323 e. The van der Waals surface area contributed by atoms with Crippen LogP contribution in [0.25, 0.3) is 11.1 Å². The number of nitrogens with zero attached hydrogens (tertiary/aromatic N) is 3. The van der Waals surface area contributed by atoms with Crippen molar-refractivity contribution in [3.05, 3.63) is 58.1 Å². The molecule has 0 saturated carbocycles. The van der Waals surface area contributed by atoms with E-state index in [1.807, 2.05) is 30.3 Å². The van der Waals surface area contributed by atoms with Crippen LogP contribution in [0.1, 0.15) is 33.3 Å². The first-order valence-electron chi connectivity index (χ1n) is 10.6. The van der Waals surface area contributed by atoms with Crippen LogP contribution < -0.4 is 10.6 Å². The van der Waals surface area contributed by atoms with Crippen molar-refractivity contribution in [2.75, 3.05) is 5.32 Å². The molecule has 0 radical (unpaired) electrons. The number of H-pyrrole nitrogens is 1. The number of aromatic amines is 1. The third kappa shape index (κ3) is 6.99. The van der Waals surface area contributed by atoms with Crippen LogP contribution in [0.5, 0.6) is 0 Å². The van der Waals surface area contributed by atoms with Crippen molar-refractivity contribution in [2.45, 2.75) is 51.8 Å². The molecule has 0 saturated heterocycles. The van der Waals surface area contributed by atoms with E-state index < -0.39 is 29.6 Å². The molecule has 2 aromatic carbocycles. The number of tetrazole rings is 1. The van der Waals surface area contributed by atoms with E-state index in [9.17, 15) is 9.59 Å². The van der Waals surface area contributed by atoms with Gasteiger partial charge in [0.1, 0.15) is 11.6 Å². The van der Waals surface area contributed by atoms with Gasteiger partial charge in [0, 0.05) is 15.6 Å². The molecule has 9 nitrogen and oxygen atoms in total. The average molecular weight is 505 g/mol. The summed E-state index contributed by atoms with van der Waals surface area (Å²) in [6.07, 6.45) is 0.193. The molecule has 2 atom stereocenters. The van der Waals surface area contributed by atoms with E-state index in [1.165, 1.54) is 0 Å². The highest BCUT2D eigenvalue weighted by Crippen LogP contribution is 2.31. The predicted octanol–water partition coefficient (Wildman–Crippen LogP) is 4.04. The van der Waals surface area contributed by atoms with E-state index in [1.54, 1.807) is 39.8 Å². The third-order valence-corrected chi connectivity index (χ3v) is 5.45. The second-order valence-electron chi connectivity index (χ2n) is 8.69. The standard InChI is InChI=1S/C23H26Cl2N6O3/c1-13(21(33)34-23(2,3)4)26-19(20(32)27-22-28-30-31-29-22)12-15-10-9-14(11-18(15)25)16-7-5-6-8-17(16)24/h5-11,13,19,26H,12H2,1-4H3,(H2,27,28,29,30,31,32)/t13-,19+/m0/s1. The summed E-state index contributed by atoms with van der Waals surface area (Å²) >= 11 is 12.9. The summed E-state index contributed by atoms with van der Waals surface area (Å²) in [7, 11) is 0. The number of carbonyl (C=O) groups is 2. The van der Waals surface area contributed by atoms with Gasteiger partial charge in [-0.3, -0.25) is 20.2 Å². The Labute approximate surface area is 207 Å². The van der Waals surface area contributed by atoms with Crippen LogP contribution in [0, 0.1) is 0 Å². The van der Waals surface area contributed by atoms with Crippen molar-refractivity contribution in [2.24, 2.45) is 0 Å². The fourth-order valence-electron chi connectivity index (χ4n) is 3.19. The van der Waals surface area contributed by atoms with E-state index in [2.05, 4.69) is 31.3 Å². The van der Waals surface area contributed by atoms with Gasteiger partial charge in [0.15, 0.2) is 0 Å². The number of rotatable bonds is 8. The summed E-state index contributed by atoms with van der Waals surface area (Å²) < 4.78 is 5.42. The van der Waals surface area contributed by atoms with E-state index in [0.29, 0.717) is 15.6 Å². The minimum Gasteiger partial charge on any atom is -0.459 e. The molecular formula is C23H26Cl2N6O3. The van der Waals surface area contributed by atoms with E-state index in [0.717, 1.165) is 11.1 Å². The molecule has 34 heavy (non-hydrogen) atoms. The number of halogens is 2. The van der Waals surface area contributed by atoms with Gasteiger partial charge in [0.05, 0.1) is 6.04 Å². The zero-order valence-electron chi connectivity index (χ0n) is 19.2. The van der Waals surface area contributed by atoms with Crippen LogP contribution in [0.4, 0.5) is 5.95 Å². The van der Waals surface area contributed by atoms with Gasteiger partial charge in [0.25, 0.3) is 5.95 Å². The first kappa shape index (κ1) is 25.6. The first-order valence-corrected chi connectivity index (χ1v) is 11.4. The fourth-order valence-corrected chi connectivity index (χ4v) is 3.70. The molecule has 1 amide bonds. The lowest BCUT2D eigenvalue weighted by atomic mass is 9.99. The summed E-state index contributed by atoms with van der Waals surface area (Å²) in [6.45, 7) is 6.96. The van der Waals surface area contributed by atoms with Crippen molar-refractivity contribution < 1.29 is 14.3 Å². The zero-order valence-corrected chi connectivity index (χ0v) is 20.7. The van der Waals surface area contributed by atoms with Crippen molar-refractivity contribution >= 4 is 41.0 Å². The second-order valence-corrected chi connectivity index (χ2v) is 9.50. The van der Waals surface area contributed by atoms with Crippen LogP contribution in [-0.2, 0) is 20.7 Å². The van der Waals surface area contributed by atoms with Gasteiger partial charge in [-0.25, -0.2) is 0 Å². The number of ether oxygens (including phenoxy) is 1. The summed E-state index contributed by atoms with van der Waals surface area (Å²) in [4.78, 5) is 25.5. The molecular weight excluding hydrogens is 479 g/mol. The number of anilines is 1. The lowest BCUT2D eigenvalue weighted by Crippen LogP contribution is -2.50. The summed E-state index contributed by atoms with van der Waals surface area (Å²) in [5, 5.41) is 19.9. The Morgan fingerprint density at radius 2 is 1.85 bits per heavy atom. The van der Waals surface area contributed by atoms with Crippen molar-refractivity contribution in [1.29, 1.82) is 0 Å². The average Bonchev–Trinajstić information content (AvgIpc) is 3.26. The predicted molar refractivity (Wildman–Crippen MR) is 131 cm³/mol. The fraction of sp³-hybridized carbons (Fsp3) is 0.348. The van der Waals surface area contributed by atoms with Gasteiger partial charge < -0.3 is 4.74 Å². The van der Waals surface area contributed by atoms with Gasteiger partial charge in [-0.2, -0.15) is 5.21 Å². The summed E-state index contributed by atoms with van der Waals surface area (Å²) in [5.41, 5.74) is 1.74. The van der Waals surface area contributed by atoms with Crippen molar-refractivity contribution in [3.8, 4) is 11.1 Å². The highest BCUT2D eigenvalue weighted by Gasteiger charge is 2.28. The molecule has 3 rings (SSSR count). The Balaban J connectivity index is 1.82. The number of amides is 1. The normalized spacial score (nSPS) is 13.2. The zero-order chi connectivity index (χ0) is 24.9. The Bertz CT molecular complexity index is 1150. The maximum Gasteiger partial charge on any atom is 0.323 e. The third-order valence-electron chi connectivity index (χ3n) is 4.77. The molecule has 0 aliphatic heterocycles. The number of aromatic nitrogens is 4. The summed E-state index contributed by atoms with van der Waals surface area (Å²) in [6, 6.07) is 11.4. The molecule has 0 spiro atoms. The van der Waals surface area contributed by atoms with Crippen LogP contribution in [0.15, 0.2) is 42.5 Å². The number of hydrogen-bond acceptors (Lipinski definition) is 7. The molecule has 0 unspecified atom stereocenters. The minimum atomic E-state index is -0.843. The summed E-state index contributed by atoms with van der Waals surface area (Å²) in [5.74, 6) is -0.921. The second kappa shape index (κ2) is 10.9. The lowest BCUT2D eigenvalue weighted by molar-refractivity contribution is -0.157. The van der Waals surface area contributed by atoms with E-state index in [-0.39, 0.29) is 12.4 Å². The Kier molecular flexibility index (Phi) is 8.24. The van der Waals surface area contributed by atoms with Crippen LogP contribution in [-0.4, -0.2) is 50.2 Å². The molecule has 3 aromatic rings. The number of esters is 1. The van der Waals surface area contributed by atoms with Gasteiger partial charge in [-0.1, -0.05) is 58.6 Å². The van der Waals surface area contributed by atoms with Gasteiger partial charge in [0.2, 0.25) is 5.91 Å². The molecule has 180 valence electrons. The van der Waals surface area contributed by atoms with Gasteiger partial charge in [-0.05, 0) is 62.6 Å². The maximum absolute atomic E-state index is 13.0. The minimum absolute atomic E-state index is 0.0156. The topological polar surface area (TPSA) is 122 Å². The quantitative estimate of drug-likeness (QED) is 0.395. The number of nitrogens with one attached hydrogen (secondary N) is 3. The van der Waals surface area contributed by atoms with E-state index in [4.69, 9.17) is 27.9 Å². The SMILES string of the molecule is C[C@H](N[C@H](Cc1ccc(-c2ccccc2Cl)cc1Cl)C(=O)Nc1nn[nH]n1)C(=O)OC(C)(C)C. The van der Waals surface area contributed by atoms with Crippen LogP contribution in [0.3, 0.4) is 0 Å². The van der Waals surface area contributed by atoms with Crippen LogP contribution >= 0.6 is 23.2 Å². The molecule has 1 heterocycles. The number of benzene rings is 2. The lowest BCUT2D eigenvalue weighted by Gasteiger charge is -2.25. The van der Waals surface area contributed by atoms with Gasteiger partial charge in [-0.15, -0.1) is 5.10 Å². The molecule has 0 bridgehead atoms. The highest BCUT2D eigenvalue weighted by atomic mass is 35.5. The molecule has 0 aliphatic rings. The molecule has 1 aromatic heterocycles. The number of carbonyl (C=O) groups excluding carboxylic acids is 2. The largest absolute Gasteiger partial charge is 0.459 e. The molecule has 0 fully saturated rings. The molecule has 0 aliphatic carbocycles.